The van der Waals surface area contributed by atoms with Crippen molar-refractivity contribution < 1.29 is 28.6 Å². The number of hydrogen-bond donors (Lipinski definition) is 0. The summed E-state index contributed by atoms with van der Waals surface area (Å²) < 4.78 is 17.0. The van der Waals surface area contributed by atoms with Crippen LogP contribution in [-0.4, -0.2) is 37.2 Å². The number of carbonyl (C=O) groups excluding carboxylic acids is 3. The van der Waals surface area contributed by atoms with E-state index in [-0.39, 0.29) is 31.1 Å². The summed E-state index contributed by atoms with van der Waals surface area (Å²) in [5, 5.41) is 0. The monoisotopic (exact) mass is 1030 g/mol. The highest BCUT2D eigenvalue weighted by atomic mass is 16.6. The van der Waals surface area contributed by atoms with Crippen molar-refractivity contribution in [1.29, 1.82) is 0 Å². The van der Waals surface area contributed by atoms with Gasteiger partial charge in [-0.15, -0.1) is 0 Å². The number of esters is 3. The normalized spacial score (nSPS) is 11.5. The zero-order chi connectivity index (χ0) is 52.9. The molecule has 0 unspecified atom stereocenters. The van der Waals surface area contributed by atoms with Crippen molar-refractivity contribution in [1.82, 2.24) is 0 Å². The van der Waals surface area contributed by atoms with Crippen molar-refractivity contribution in [3.05, 3.63) is 0 Å². The van der Waals surface area contributed by atoms with Crippen LogP contribution in [0.25, 0.3) is 0 Å². The minimum atomic E-state index is -0.763. The third kappa shape index (κ3) is 61.1. The number of hydrogen-bond acceptors (Lipinski definition) is 6. The average Bonchev–Trinajstić information content (AvgIpc) is 3.39. The molecule has 0 aromatic carbocycles. The van der Waals surface area contributed by atoms with E-state index in [1.807, 2.05) is 0 Å². The zero-order valence-corrected chi connectivity index (χ0v) is 50.0. The molecule has 0 saturated heterocycles. The molecule has 0 spiro atoms. The molecule has 0 saturated carbocycles. The largest absolute Gasteiger partial charge is 0.462 e. The first-order valence-electron chi connectivity index (χ1n) is 33.5. The maximum Gasteiger partial charge on any atom is 0.306 e. The molecule has 6 heteroatoms. The fourth-order valence-electron chi connectivity index (χ4n) is 10.6. The van der Waals surface area contributed by atoms with Crippen molar-refractivity contribution in [2.24, 2.45) is 0 Å². The van der Waals surface area contributed by atoms with Gasteiger partial charge in [-0.25, -0.2) is 0 Å². The second kappa shape index (κ2) is 62.9. The highest BCUT2D eigenvalue weighted by Crippen LogP contribution is 2.19. The summed E-state index contributed by atoms with van der Waals surface area (Å²) in [6.45, 7) is 6.74. The summed E-state index contributed by atoms with van der Waals surface area (Å²) in [5.74, 6) is -0.821. The first kappa shape index (κ1) is 71.4. The van der Waals surface area contributed by atoms with Crippen LogP contribution in [0.4, 0.5) is 0 Å². The van der Waals surface area contributed by atoms with Crippen LogP contribution in [0.3, 0.4) is 0 Å². The van der Waals surface area contributed by atoms with Crippen LogP contribution in [0, 0.1) is 0 Å². The molecule has 0 aliphatic rings. The second-order valence-corrected chi connectivity index (χ2v) is 23.1. The molecule has 0 N–H and O–H groups in total. The lowest BCUT2D eigenvalue weighted by molar-refractivity contribution is -0.167. The van der Waals surface area contributed by atoms with Crippen LogP contribution in [0.2, 0.25) is 0 Å². The molecule has 0 radical (unpaired) electrons. The Hall–Kier alpha value is -1.59. The summed E-state index contributed by atoms with van der Waals surface area (Å²) >= 11 is 0. The molecule has 0 aromatic heterocycles. The van der Waals surface area contributed by atoms with E-state index in [4.69, 9.17) is 14.2 Å². The topological polar surface area (TPSA) is 78.9 Å². The Bertz CT molecular complexity index is 1040. The van der Waals surface area contributed by atoms with Crippen molar-refractivity contribution in [3.8, 4) is 0 Å². The van der Waals surface area contributed by atoms with Crippen LogP contribution in [0.5, 0.6) is 0 Å². The Morgan fingerprint density at radius 2 is 0.370 bits per heavy atom. The molecular formula is C67H130O6. The van der Waals surface area contributed by atoms with Gasteiger partial charge in [-0.05, 0) is 19.3 Å². The molecule has 0 amide bonds. The number of unbranched alkanes of at least 4 members (excludes halogenated alkanes) is 52. The van der Waals surface area contributed by atoms with E-state index >= 15 is 0 Å². The standard InChI is InChI=1S/C67H130O6/c1-4-7-10-13-16-19-22-25-28-31-32-33-34-37-40-43-46-49-52-55-58-61-67(70)73-64(62-71-65(68)59-56-53-50-47-44-41-38-35-29-26-23-20-17-14-11-8-5-2)63-72-66(69)60-57-54-51-48-45-42-39-36-30-27-24-21-18-15-12-9-6-3/h64H,4-63H2,1-3H3. The predicted octanol–water partition coefficient (Wildman–Crippen LogP) is 22.7. The van der Waals surface area contributed by atoms with Gasteiger partial charge in [-0.2, -0.15) is 0 Å². The summed E-state index contributed by atoms with van der Waals surface area (Å²) in [4.78, 5) is 38.4. The molecule has 0 fully saturated rings. The van der Waals surface area contributed by atoms with E-state index in [0.29, 0.717) is 19.3 Å². The lowest BCUT2D eigenvalue weighted by Crippen LogP contribution is -2.30. The number of carbonyl (C=O) groups is 3. The van der Waals surface area contributed by atoms with Gasteiger partial charge < -0.3 is 14.2 Å². The van der Waals surface area contributed by atoms with Gasteiger partial charge in [-0.1, -0.05) is 355 Å². The maximum atomic E-state index is 12.9. The van der Waals surface area contributed by atoms with Crippen molar-refractivity contribution in [2.75, 3.05) is 13.2 Å². The Balaban J connectivity index is 4.27. The molecule has 0 aliphatic heterocycles. The molecular weight excluding hydrogens is 901 g/mol. The Morgan fingerprint density at radius 1 is 0.219 bits per heavy atom. The average molecular weight is 1030 g/mol. The van der Waals surface area contributed by atoms with Crippen molar-refractivity contribution in [3.63, 3.8) is 0 Å². The second-order valence-electron chi connectivity index (χ2n) is 23.1. The van der Waals surface area contributed by atoms with E-state index in [2.05, 4.69) is 20.8 Å². The highest BCUT2D eigenvalue weighted by molar-refractivity contribution is 5.71. The van der Waals surface area contributed by atoms with Crippen LogP contribution < -0.4 is 0 Å². The molecule has 0 aliphatic carbocycles. The molecule has 0 heterocycles. The third-order valence-corrected chi connectivity index (χ3v) is 15.6. The first-order chi connectivity index (χ1) is 36.0. The van der Waals surface area contributed by atoms with Crippen LogP contribution >= 0.6 is 0 Å². The molecule has 434 valence electrons. The van der Waals surface area contributed by atoms with Crippen molar-refractivity contribution in [2.45, 2.75) is 399 Å². The predicted molar refractivity (Wildman–Crippen MR) is 317 cm³/mol. The van der Waals surface area contributed by atoms with Gasteiger partial charge in [0.25, 0.3) is 0 Å². The van der Waals surface area contributed by atoms with Gasteiger partial charge in [-0.3, -0.25) is 14.4 Å². The smallest absolute Gasteiger partial charge is 0.306 e. The summed E-state index contributed by atoms with van der Waals surface area (Å²) in [5.41, 5.74) is 0. The summed E-state index contributed by atoms with van der Waals surface area (Å²) in [7, 11) is 0. The number of ether oxygens (including phenoxy) is 3. The Labute approximate surface area is 457 Å². The Morgan fingerprint density at radius 3 is 0.548 bits per heavy atom. The van der Waals surface area contributed by atoms with Crippen LogP contribution in [-0.2, 0) is 28.6 Å². The van der Waals surface area contributed by atoms with Gasteiger partial charge in [0.15, 0.2) is 6.10 Å². The zero-order valence-electron chi connectivity index (χ0n) is 50.0. The minimum Gasteiger partial charge on any atom is -0.462 e. The Kier molecular flexibility index (Phi) is 61.6. The maximum absolute atomic E-state index is 12.9. The lowest BCUT2D eigenvalue weighted by Gasteiger charge is -2.18. The van der Waals surface area contributed by atoms with Gasteiger partial charge in [0, 0.05) is 19.3 Å². The summed E-state index contributed by atoms with van der Waals surface area (Å²) in [6, 6.07) is 0. The first-order valence-corrected chi connectivity index (χ1v) is 33.5. The third-order valence-electron chi connectivity index (χ3n) is 15.6. The molecule has 0 atom stereocenters. The van der Waals surface area contributed by atoms with E-state index in [0.717, 1.165) is 57.8 Å². The van der Waals surface area contributed by atoms with Gasteiger partial charge in [0.1, 0.15) is 13.2 Å². The van der Waals surface area contributed by atoms with Gasteiger partial charge in [0.05, 0.1) is 0 Å². The molecule has 6 nitrogen and oxygen atoms in total. The quantitative estimate of drug-likeness (QED) is 0.0343. The highest BCUT2D eigenvalue weighted by Gasteiger charge is 2.19. The summed E-state index contributed by atoms with van der Waals surface area (Å²) in [6.07, 6.45) is 72.6. The van der Waals surface area contributed by atoms with E-state index in [1.54, 1.807) is 0 Å². The molecule has 0 bridgehead atoms. The minimum absolute atomic E-state index is 0.0603. The van der Waals surface area contributed by atoms with E-state index < -0.39 is 6.10 Å². The van der Waals surface area contributed by atoms with Gasteiger partial charge in [0.2, 0.25) is 0 Å². The van der Waals surface area contributed by atoms with Crippen LogP contribution in [0.1, 0.15) is 393 Å². The SMILES string of the molecule is CCCCCCCCCCCCCCCCCCCCCCCC(=O)OC(COC(=O)CCCCCCCCCCCCCCCCCCC)COC(=O)CCCCCCCCCCCCCCCCCCC. The van der Waals surface area contributed by atoms with E-state index in [1.165, 1.54) is 295 Å². The fraction of sp³-hybridized carbons (Fsp3) is 0.955. The molecule has 0 aromatic rings. The van der Waals surface area contributed by atoms with Crippen molar-refractivity contribution >= 4 is 17.9 Å². The van der Waals surface area contributed by atoms with Crippen LogP contribution in [0.15, 0.2) is 0 Å². The lowest BCUT2D eigenvalue weighted by atomic mass is 10.0. The molecule has 0 rings (SSSR count). The molecule has 73 heavy (non-hydrogen) atoms. The fourth-order valence-corrected chi connectivity index (χ4v) is 10.6. The number of rotatable bonds is 63. The van der Waals surface area contributed by atoms with E-state index in [9.17, 15) is 14.4 Å². The van der Waals surface area contributed by atoms with Gasteiger partial charge >= 0.3 is 17.9 Å².